The molecule has 0 aromatic carbocycles. The predicted molar refractivity (Wildman–Crippen MR) is 76.1 cm³/mol. The van der Waals surface area contributed by atoms with Crippen LogP contribution < -0.4 is 11.1 Å². The molecule has 0 radical (unpaired) electrons. The lowest BCUT2D eigenvalue weighted by atomic mass is 9.87. The van der Waals surface area contributed by atoms with Crippen LogP contribution in [0.3, 0.4) is 0 Å². The largest absolute Gasteiger partial charge is 0.328 e. The van der Waals surface area contributed by atoms with Gasteiger partial charge in [0.1, 0.15) is 0 Å². The van der Waals surface area contributed by atoms with E-state index in [1.807, 2.05) is 0 Å². The molecular weight excluding hydrogens is 208 g/mol. The molecule has 0 aliphatic heterocycles. The summed E-state index contributed by atoms with van der Waals surface area (Å²) < 4.78 is 0. The van der Waals surface area contributed by atoms with Crippen molar-refractivity contribution in [3.63, 3.8) is 0 Å². The Morgan fingerprint density at radius 3 is 2.35 bits per heavy atom. The molecule has 3 N–H and O–H groups in total. The van der Waals surface area contributed by atoms with E-state index < -0.39 is 0 Å². The van der Waals surface area contributed by atoms with Crippen molar-refractivity contribution >= 4 is 0 Å². The lowest BCUT2D eigenvalue weighted by Crippen LogP contribution is -2.34. The highest BCUT2D eigenvalue weighted by Crippen LogP contribution is 2.36. The van der Waals surface area contributed by atoms with Crippen LogP contribution in [0.15, 0.2) is 0 Å². The minimum Gasteiger partial charge on any atom is -0.328 e. The Morgan fingerprint density at radius 2 is 1.82 bits per heavy atom. The molecule has 1 saturated carbocycles. The van der Waals surface area contributed by atoms with E-state index in [4.69, 9.17) is 5.73 Å². The van der Waals surface area contributed by atoms with E-state index >= 15 is 0 Å². The van der Waals surface area contributed by atoms with Crippen molar-refractivity contribution in [1.82, 2.24) is 5.32 Å². The van der Waals surface area contributed by atoms with Crippen LogP contribution in [0.5, 0.6) is 0 Å². The first-order valence-corrected chi connectivity index (χ1v) is 7.27. The minimum absolute atomic E-state index is 0.346. The highest BCUT2D eigenvalue weighted by molar-refractivity contribution is 4.82. The number of rotatable bonds is 6. The summed E-state index contributed by atoms with van der Waals surface area (Å²) in [6.07, 6.45) is 7.85. The first-order valence-electron chi connectivity index (χ1n) is 7.27. The van der Waals surface area contributed by atoms with E-state index in [1.54, 1.807) is 0 Å². The molecule has 2 heteroatoms. The van der Waals surface area contributed by atoms with Crippen molar-refractivity contribution in [2.75, 3.05) is 13.1 Å². The summed E-state index contributed by atoms with van der Waals surface area (Å²) in [5.41, 5.74) is 7.07. The van der Waals surface area contributed by atoms with Crippen LogP contribution in [0.2, 0.25) is 0 Å². The van der Waals surface area contributed by atoms with Gasteiger partial charge >= 0.3 is 0 Å². The Morgan fingerprint density at radius 1 is 1.24 bits per heavy atom. The second kappa shape index (κ2) is 6.19. The van der Waals surface area contributed by atoms with Crippen molar-refractivity contribution in [1.29, 1.82) is 0 Å². The molecule has 102 valence electrons. The van der Waals surface area contributed by atoms with E-state index in [-0.39, 0.29) is 0 Å². The van der Waals surface area contributed by atoms with Crippen LogP contribution in [0.4, 0.5) is 0 Å². The second-order valence-corrected chi connectivity index (χ2v) is 7.51. The van der Waals surface area contributed by atoms with Crippen LogP contribution in [0.1, 0.15) is 66.2 Å². The summed E-state index contributed by atoms with van der Waals surface area (Å²) >= 11 is 0. The molecule has 1 unspecified atom stereocenters. The van der Waals surface area contributed by atoms with Crippen molar-refractivity contribution in [3.8, 4) is 0 Å². The summed E-state index contributed by atoms with van der Waals surface area (Å²) in [6, 6.07) is 0.346. The lowest BCUT2D eigenvalue weighted by molar-refractivity contribution is 0.300. The normalized spacial score (nSPS) is 21.7. The van der Waals surface area contributed by atoms with E-state index in [0.717, 1.165) is 19.4 Å². The maximum absolute atomic E-state index is 6.15. The van der Waals surface area contributed by atoms with Gasteiger partial charge in [-0.15, -0.1) is 0 Å². The summed E-state index contributed by atoms with van der Waals surface area (Å²) in [6.45, 7) is 11.5. The standard InChI is InChI=1S/C15H32N2/c1-14(2,3)11-13(16)7-10-17-12-15(4)8-5-6-9-15/h13,17H,5-12,16H2,1-4H3. The SMILES string of the molecule is CC(C)(C)CC(N)CCNCC1(C)CCCC1. The molecular formula is C15H32N2. The van der Waals surface area contributed by atoms with Crippen LogP contribution in [-0.4, -0.2) is 19.1 Å². The molecule has 1 atom stereocenters. The maximum Gasteiger partial charge on any atom is 0.00558 e. The Balaban J connectivity index is 2.07. The first-order chi connectivity index (χ1) is 7.81. The fraction of sp³-hybridized carbons (Fsp3) is 1.00. The Hall–Kier alpha value is -0.0800. The third kappa shape index (κ3) is 6.42. The molecule has 1 fully saturated rings. The lowest BCUT2D eigenvalue weighted by Gasteiger charge is -2.26. The highest BCUT2D eigenvalue weighted by atomic mass is 14.9. The molecule has 2 nitrogen and oxygen atoms in total. The fourth-order valence-corrected chi connectivity index (χ4v) is 2.97. The van der Waals surface area contributed by atoms with Gasteiger partial charge in [-0.25, -0.2) is 0 Å². The average Bonchev–Trinajstić information content (AvgIpc) is 2.58. The summed E-state index contributed by atoms with van der Waals surface area (Å²) in [4.78, 5) is 0. The number of nitrogens with one attached hydrogen (secondary N) is 1. The van der Waals surface area contributed by atoms with Crippen molar-refractivity contribution in [3.05, 3.63) is 0 Å². The van der Waals surface area contributed by atoms with Gasteiger partial charge in [-0.2, -0.15) is 0 Å². The summed E-state index contributed by atoms with van der Waals surface area (Å²) in [7, 11) is 0. The molecule has 0 aromatic rings. The number of nitrogens with two attached hydrogens (primary N) is 1. The molecule has 1 rings (SSSR count). The average molecular weight is 240 g/mol. The highest BCUT2D eigenvalue weighted by Gasteiger charge is 2.27. The van der Waals surface area contributed by atoms with Gasteiger partial charge in [-0.05, 0) is 43.1 Å². The summed E-state index contributed by atoms with van der Waals surface area (Å²) in [5.74, 6) is 0. The molecule has 0 amide bonds. The number of hydrogen-bond acceptors (Lipinski definition) is 2. The minimum atomic E-state index is 0.346. The third-order valence-corrected chi connectivity index (χ3v) is 3.93. The summed E-state index contributed by atoms with van der Waals surface area (Å²) in [5, 5.41) is 3.60. The number of hydrogen-bond donors (Lipinski definition) is 2. The topological polar surface area (TPSA) is 38.0 Å². The van der Waals surface area contributed by atoms with Crippen molar-refractivity contribution in [2.24, 2.45) is 16.6 Å². The Labute approximate surface area is 108 Å². The third-order valence-electron chi connectivity index (χ3n) is 3.93. The predicted octanol–water partition coefficient (Wildman–Crippen LogP) is 3.31. The molecule has 0 aromatic heterocycles. The van der Waals surface area contributed by atoms with Gasteiger partial charge in [0.05, 0.1) is 0 Å². The molecule has 0 saturated heterocycles. The maximum atomic E-state index is 6.15. The Kier molecular flexibility index (Phi) is 5.46. The zero-order valence-electron chi connectivity index (χ0n) is 12.3. The van der Waals surface area contributed by atoms with Gasteiger partial charge in [0.25, 0.3) is 0 Å². The monoisotopic (exact) mass is 240 g/mol. The smallest absolute Gasteiger partial charge is 0.00558 e. The van der Waals surface area contributed by atoms with Crippen LogP contribution in [0.25, 0.3) is 0 Å². The fourth-order valence-electron chi connectivity index (χ4n) is 2.97. The van der Waals surface area contributed by atoms with Gasteiger partial charge in [0, 0.05) is 12.6 Å². The first kappa shape index (κ1) is 15.0. The van der Waals surface area contributed by atoms with E-state index in [1.165, 1.54) is 32.2 Å². The molecule has 0 heterocycles. The van der Waals surface area contributed by atoms with Crippen molar-refractivity contribution in [2.45, 2.75) is 72.3 Å². The van der Waals surface area contributed by atoms with Gasteiger partial charge in [-0.3, -0.25) is 0 Å². The van der Waals surface area contributed by atoms with Crippen LogP contribution in [-0.2, 0) is 0 Å². The molecule has 0 spiro atoms. The van der Waals surface area contributed by atoms with Crippen molar-refractivity contribution < 1.29 is 0 Å². The van der Waals surface area contributed by atoms with E-state index in [9.17, 15) is 0 Å². The van der Waals surface area contributed by atoms with Gasteiger partial charge in [0.15, 0.2) is 0 Å². The molecule has 0 bridgehead atoms. The zero-order valence-corrected chi connectivity index (χ0v) is 12.3. The quantitative estimate of drug-likeness (QED) is 0.699. The van der Waals surface area contributed by atoms with Gasteiger partial charge in [-0.1, -0.05) is 40.5 Å². The second-order valence-electron chi connectivity index (χ2n) is 7.51. The van der Waals surface area contributed by atoms with Crippen LogP contribution in [0, 0.1) is 10.8 Å². The van der Waals surface area contributed by atoms with Gasteiger partial charge < -0.3 is 11.1 Å². The van der Waals surface area contributed by atoms with Gasteiger partial charge in [0.2, 0.25) is 0 Å². The molecule has 1 aliphatic carbocycles. The Bertz CT molecular complexity index is 211. The van der Waals surface area contributed by atoms with Crippen LogP contribution >= 0.6 is 0 Å². The molecule has 17 heavy (non-hydrogen) atoms. The van der Waals surface area contributed by atoms with E-state index in [2.05, 4.69) is 33.0 Å². The molecule has 1 aliphatic rings. The van der Waals surface area contributed by atoms with E-state index in [0.29, 0.717) is 16.9 Å². The zero-order chi connectivity index (χ0) is 12.9.